The number of rotatable bonds is 5. The Morgan fingerprint density at radius 3 is 2.31 bits per heavy atom. The molecule has 2 atom stereocenters. The third-order valence-corrected chi connectivity index (χ3v) is 5.51. The van der Waals surface area contributed by atoms with Crippen LogP contribution >= 0.6 is 0 Å². The topological polar surface area (TPSA) is 139 Å². The number of hydrogen-bond donors (Lipinski definition) is 2. The number of ether oxygens (including phenoxy) is 1. The molecule has 3 N–H and O–H groups in total. The summed E-state index contributed by atoms with van der Waals surface area (Å²) in [6.07, 6.45) is 4.84. The van der Waals surface area contributed by atoms with E-state index in [4.69, 9.17) is 20.4 Å². The van der Waals surface area contributed by atoms with Gasteiger partial charge in [0.05, 0.1) is 31.1 Å². The molecule has 4 rings (SSSR count). The van der Waals surface area contributed by atoms with Gasteiger partial charge in [0.25, 0.3) is 18.3 Å². The molecule has 2 aromatic rings. The Labute approximate surface area is 186 Å². The van der Waals surface area contributed by atoms with E-state index in [0.29, 0.717) is 13.2 Å². The number of carboxylic acid groups (broad SMARTS) is 1. The minimum atomic E-state index is -0.671. The molecule has 2 saturated heterocycles. The molecule has 0 radical (unpaired) electrons. The average molecular weight is 441 g/mol. The van der Waals surface area contributed by atoms with Gasteiger partial charge in [-0.15, -0.1) is 0 Å². The fourth-order valence-electron chi connectivity index (χ4n) is 4.09. The number of nitrogens with two attached hydrogens (primary N) is 1. The molecule has 10 nitrogen and oxygen atoms in total. The molecule has 2 fully saturated rings. The van der Waals surface area contributed by atoms with Gasteiger partial charge in [0.2, 0.25) is 0 Å². The molecule has 0 aliphatic carbocycles. The Balaban J connectivity index is 0.000000913. The van der Waals surface area contributed by atoms with Crippen LogP contribution in [0.2, 0.25) is 0 Å². The highest BCUT2D eigenvalue weighted by Crippen LogP contribution is 2.31. The first-order valence-corrected chi connectivity index (χ1v) is 10.4. The summed E-state index contributed by atoms with van der Waals surface area (Å²) in [6.45, 7) is 3.61. The Morgan fingerprint density at radius 1 is 1.09 bits per heavy atom. The first-order valence-electron chi connectivity index (χ1n) is 10.4. The van der Waals surface area contributed by atoms with Crippen molar-refractivity contribution in [2.75, 3.05) is 32.8 Å². The van der Waals surface area contributed by atoms with E-state index in [9.17, 15) is 9.59 Å². The van der Waals surface area contributed by atoms with Crippen molar-refractivity contribution in [3.05, 3.63) is 59.7 Å². The van der Waals surface area contributed by atoms with Crippen LogP contribution in [0.15, 0.2) is 42.7 Å². The molecule has 32 heavy (non-hydrogen) atoms. The van der Waals surface area contributed by atoms with E-state index in [1.165, 1.54) is 25.2 Å². The summed E-state index contributed by atoms with van der Waals surface area (Å²) in [7, 11) is 0. The van der Waals surface area contributed by atoms with Gasteiger partial charge in [-0.3, -0.25) is 14.4 Å². The van der Waals surface area contributed by atoms with Crippen molar-refractivity contribution in [1.29, 1.82) is 0 Å². The minimum Gasteiger partial charge on any atom is -0.483 e. The Hall–Kier alpha value is -3.37. The SMILES string of the molecule is NC(=O)c1cnc(C(=O)N2CCO[C@@H](CN3CCCC3)[C@@H]2c2ccccc2)cn1.O=CO. The lowest BCUT2D eigenvalue weighted by atomic mass is 9.97. The van der Waals surface area contributed by atoms with Crippen LogP contribution in [0.25, 0.3) is 0 Å². The van der Waals surface area contributed by atoms with E-state index < -0.39 is 5.91 Å². The molecule has 0 spiro atoms. The summed E-state index contributed by atoms with van der Waals surface area (Å²) in [6, 6.07) is 9.75. The number of nitrogens with zero attached hydrogens (tertiary/aromatic N) is 4. The molecular weight excluding hydrogens is 414 g/mol. The van der Waals surface area contributed by atoms with Crippen molar-refractivity contribution in [3.8, 4) is 0 Å². The maximum Gasteiger partial charge on any atom is 0.290 e. The molecule has 2 aliphatic heterocycles. The third kappa shape index (κ3) is 5.65. The molecule has 2 amide bonds. The number of benzene rings is 1. The Morgan fingerprint density at radius 2 is 1.72 bits per heavy atom. The number of amides is 2. The van der Waals surface area contributed by atoms with Gasteiger partial charge in [-0.05, 0) is 31.5 Å². The minimum absolute atomic E-state index is 0.0371. The maximum atomic E-state index is 13.3. The molecule has 2 aliphatic rings. The molecule has 1 aromatic carbocycles. The highest BCUT2D eigenvalue weighted by Gasteiger charge is 2.38. The lowest BCUT2D eigenvalue weighted by Gasteiger charge is -2.42. The van der Waals surface area contributed by atoms with Gasteiger partial charge in [-0.2, -0.15) is 0 Å². The van der Waals surface area contributed by atoms with Crippen molar-refractivity contribution in [3.63, 3.8) is 0 Å². The largest absolute Gasteiger partial charge is 0.483 e. The summed E-state index contributed by atoms with van der Waals surface area (Å²) in [5.41, 5.74) is 6.48. The van der Waals surface area contributed by atoms with Gasteiger partial charge < -0.3 is 25.4 Å². The molecule has 3 heterocycles. The first-order chi connectivity index (χ1) is 15.5. The van der Waals surface area contributed by atoms with E-state index in [1.807, 2.05) is 35.2 Å². The summed E-state index contributed by atoms with van der Waals surface area (Å²) < 4.78 is 6.14. The zero-order chi connectivity index (χ0) is 22.9. The van der Waals surface area contributed by atoms with Crippen LogP contribution in [0.3, 0.4) is 0 Å². The molecule has 0 bridgehead atoms. The summed E-state index contributed by atoms with van der Waals surface area (Å²) in [4.78, 5) is 45.2. The standard InChI is InChI=1S/C21H25N5O3.CH2O2/c22-20(27)16-12-24-17(13-23-16)21(28)26-10-11-29-18(14-25-8-4-5-9-25)19(26)15-6-2-1-3-7-15;2-1-3/h1-3,6-7,12-13,18-19H,4-5,8-11,14H2,(H2,22,27);1H,(H,2,3)/t18-,19-;/m0./s1. The highest BCUT2D eigenvalue weighted by molar-refractivity contribution is 5.94. The quantitative estimate of drug-likeness (QED) is 0.654. The zero-order valence-electron chi connectivity index (χ0n) is 17.7. The van der Waals surface area contributed by atoms with Crippen LogP contribution in [0.5, 0.6) is 0 Å². The second-order valence-electron chi connectivity index (χ2n) is 7.53. The van der Waals surface area contributed by atoms with Crippen LogP contribution in [-0.2, 0) is 9.53 Å². The number of aromatic nitrogens is 2. The number of primary amides is 1. The van der Waals surface area contributed by atoms with Crippen LogP contribution in [0, 0.1) is 0 Å². The Kier molecular flexibility index (Phi) is 8.23. The highest BCUT2D eigenvalue weighted by atomic mass is 16.5. The fourth-order valence-corrected chi connectivity index (χ4v) is 4.09. The second-order valence-corrected chi connectivity index (χ2v) is 7.53. The van der Waals surface area contributed by atoms with Crippen molar-refractivity contribution in [1.82, 2.24) is 19.8 Å². The van der Waals surface area contributed by atoms with E-state index in [0.717, 1.165) is 25.2 Å². The molecular formula is C22H27N5O5. The normalized spacial score (nSPS) is 20.8. The summed E-state index contributed by atoms with van der Waals surface area (Å²) >= 11 is 0. The Bertz CT molecular complexity index is 903. The number of likely N-dealkylation sites (tertiary alicyclic amines) is 1. The van der Waals surface area contributed by atoms with Gasteiger partial charge in [-0.1, -0.05) is 30.3 Å². The predicted molar refractivity (Wildman–Crippen MR) is 115 cm³/mol. The third-order valence-electron chi connectivity index (χ3n) is 5.51. The lowest BCUT2D eigenvalue weighted by molar-refractivity contribution is -0.122. The molecule has 170 valence electrons. The monoisotopic (exact) mass is 441 g/mol. The average Bonchev–Trinajstić information content (AvgIpc) is 3.33. The zero-order valence-corrected chi connectivity index (χ0v) is 17.7. The van der Waals surface area contributed by atoms with E-state index in [1.54, 1.807) is 0 Å². The van der Waals surface area contributed by atoms with Gasteiger partial charge in [0.1, 0.15) is 11.4 Å². The lowest BCUT2D eigenvalue weighted by Crippen LogP contribution is -2.51. The molecule has 0 unspecified atom stereocenters. The second kappa shape index (κ2) is 11.3. The number of carbonyl (C=O) groups excluding carboxylic acids is 2. The first kappa shape index (κ1) is 23.3. The van der Waals surface area contributed by atoms with Gasteiger partial charge in [0, 0.05) is 13.1 Å². The van der Waals surface area contributed by atoms with Crippen LogP contribution in [0.4, 0.5) is 0 Å². The van der Waals surface area contributed by atoms with Crippen molar-refractivity contribution in [2.45, 2.75) is 25.0 Å². The fraction of sp³-hybridized carbons (Fsp3) is 0.409. The summed E-state index contributed by atoms with van der Waals surface area (Å²) in [5.74, 6) is -0.896. The maximum absolute atomic E-state index is 13.3. The van der Waals surface area contributed by atoms with Gasteiger partial charge in [0.15, 0.2) is 0 Å². The van der Waals surface area contributed by atoms with E-state index in [2.05, 4.69) is 14.9 Å². The van der Waals surface area contributed by atoms with E-state index >= 15 is 0 Å². The molecule has 10 heteroatoms. The van der Waals surface area contributed by atoms with Crippen molar-refractivity contribution < 1.29 is 24.2 Å². The number of morpholine rings is 1. The van der Waals surface area contributed by atoms with Crippen LogP contribution in [0.1, 0.15) is 45.4 Å². The van der Waals surface area contributed by atoms with Gasteiger partial charge in [-0.25, -0.2) is 9.97 Å². The van der Waals surface area contributed by atoms with Crippen LogP contribution in [-0.4, -0.2) is 82.1 Å². The van der Waals surface area contributed by atoms with Gasteiger partial charge >= 0.3 is 0 Å². The molecule has 0 saturated carbocycles. The number of hydrogen-bond acceptors (Lipinski definition) is 7. The number of carbonyl (C=O) groups is 3. The van der Waals surface area contributed by atoms with Crippen molar-refractivity contribution in [2.24, 2.45) is 5.73 Å². The molecule has 1 aromatic heterocycles. The summed E-state index contributed by atoms with van der Waals surface area (Å²) in [5, 5.41) is 6.89. The smallest absolute Gasteiger partial charge is 0.290 e. The van der Waals surface area contributed by atoms with Crippen molar-refractivity contribution >= 4 is 18.3 Å². The van der Waals surface area contributed by atoms with E-state index in [-0.39, 0.29) is 35.9 Å². The van der Waals surface area contributed by atoms with Crippen LogP contribution < -0.4 is 5.73 Å². The predicted octanol–water partition coefficient (Wildman–Crippen LogP) is 0.954.